The SMILES string of the molecule is CC(=O)NCC(=O)O[C@H]1CC[C@@]2(C)C(CC[C@]3(C)[C@@H]2C(=O)C=C2[C@@H]4C[C@@H](C(=O)O)CC[C@]4(C)CC[C@]23C)[C@H]1C. The lowest BCUT2D eigenvalue weighted by Crippen LogP contribution is -2.65. The van der Waals surface area contributed by atoms with E-state index in [1.165, 1.54) is 12.5 Å². The van der Waals surface area contributed by atoms with Crippen LogP contribution < -0.4 is 5.32 Å². The van der Waals surface area contributed by atoms with Crippen LogP contribution in [-0.2, 0) is 23.9 Å². The number of allylic oxidation sites excluding steroid dienone is 2. The molecule has 0 aliphatic heterocycles. The first-order valence-electron chi connectivity index (χ1n) is 15.1. The monoisotopic (exact) mass is 541 g/mol. The minimum absolute atomic E-state index is 0.0650. The van der Waals surface area contributed by atoms with Crippen LogP contribution in [0.3, 0.4) is 0 Å². The molecule has 4 saturated carbocycles. The predicted octanol–water partition coefficient (Wildman–Crippen LogP) is 5.32. The predicted molar refractivity (Wildman–Crippen MR) is 146 cm³/mol. The molecule has 0 aromatic rings. The van der Waals surface area contributed by atoms with Crippen LogP contribution in [0.15, 0.2) is 11.6 Å². The molecule has 4 fully saturated rings. The van der Waals surface area contributed by atoms with Crippen molar-refractivity contribution >= 4 is 23.6 Å². The summed E-state index contributed by atoms with van der Waals surface area (Å²) in [7, 11) is 0. The van der Waals surface area contributed by atoms with Crippen LogP contribution in [-0.4, -0.2) is 41.4 Å². The third-order valence-electron chi connectivity index (χ3n) is 12.9. The number of ketones is 1. The molecule has 216 valence electrons. The summed E-state index contributed by atoms with van der Waals surface area (Å²) >= 11 is 0. The number of hydrogen-bond acceptors (Lipinski definition) is 5. The van der Waals surface area contributed by atoms with E-state index in [1.54, 1.807) is 0 Å². The number of amides is 1. The molecule has 39 heavy (non-hydrogen) atoms. The first-order chi connectivity index (χ1) is 18.2. The molecule has 0 aromatic carbocycles. The quantitative estimate of drug-likeness (QED) is 0.466. The number of carboxylic acids is 1. The minimum atomic E-state index is -0.701. The van der Waals surface area contributed by atoms with E-state index in [9.17, 15) is 24.3 Å². The van der Waals surface area contributed by atoms with E-state index in [1.807, 2.05) is 6.08 Å². The molecular formula is C32H47NO6. The Bertz CT molecular complexity index is 1110. The average molecular weight is 542 g/mol. The van der Waals surface area contributed by atoms with Gasteiger partial charge in [-0.3, -0.25) is 19.2 Å². The minimum Gasteiger partial charge on any atom is -0.481 e. The van der Waals surface area contributed by atoms with Crippen molar-refractivity contribution in [2.75, 3.05) is 6.54 Å². The number of esters is 1. The van der Waals surface area contributed by atoms with E-state index >= 15 is 0 Å². The fourth-order valence-electron chi connectivity index (χ4n) is 10.4. The summed E-state index contributed by atoms with van der Waals surface area (Å²) in [5.41, 5.74) is 0.795. The first kappa shape index (κ1) is 28.4. The Morgan fingerprint density at radius 3 is 2.41 bits per heavy atom. The summed E-state index contributed by atoms with van der Waals surface area (Å²) in [6.45, 7) is 12.8. The number of carbonyl (C=O) groups is 4. The van der Waals surface area contributed by atoms with Crippen LogP contribution in [0.4, 0.5) is 0 Å². The van der Waals surface area contributed by atoms with Crippen LogP contribution >= 0.6 is 0 Å². The Labute approximate surface area is 232 Å². The molecule has 2 N–H and O–H groups in total. The Kier molecular flexibility index (Phi) is 6.86. The van der Waals surface area contributed by atoms with E-state index in [0.717, 1.165) is 44.9 Å². The second-order valence-electron chi connectivity index (χ2n) is 14.7. The van der Waals surface area contributed by atoms with Gasteiger partial charge in [0.15, 0.2) is 5.78 Å². The summed E-state index contributed by atoms with van der Waals surface area (Å²) in [6.07, 6.45) is 9.66. The molecule has 0 bridgehead atoms. The third kappa shape index (κ3) is 4.20. The molecule has 0 saturated heterocycles. The maximum Gasteiger partial charge on any atom is 0.325 e. The van der Waals surface area contributed by atoms with Gasteiger partial charge < -0.3 is 15.2 Å². The summed E-state index contributed by atoms with van der Waals surface area (Å²) in [5.74, 6) is -1.01. The normalized spacial score (nSPS) is 46.9. The molecule has 10 atom stereocenters. The van der Waals surface area contributed by atoms with Crippen molar-refractivity contribution in [2.24, 2.45) is 51.2 Å². The van der Waals surface area contributed by atoms with Crippen LogP contribution in [0, 0.1) is 51.2 Å². The summed E-state index contributed by atoms with van der Waals surface area (Å²) in [4.78, 5) is 49.9. The molecular weight excluding hydrogens is 494 g/mol. The van der Waals surface area contributed by atoms with Crippen molar-refractivity contribution in [2.45, 2.75) is 105 Å². The topological polar surface area (TPSA) is 110 Å². The summed E-state index contributed by atoms with van der Waals surface area (Å²) in [5, 5.41) is 12.4. The van der Waals surface area contributed by atoms with Gasteiger partial charge in [-0.15, -0.1) is 0 Å². The highest BCUT2D eigenvalue weighted by Crippen LogP contribution is 2.73. The number of rotatable bonds is 4. The lowest BCUT2D eigenvalue weighted by atomic mass is 9.34. The van der Waals surface area contributed by atoms with Crippen molar-refractivity contribution in [3.05, 3.63) is 11.6 Å². The van der Waals surface area contributed by atoms with Crippen molar-refractivity contribution in [3.63, 3.8) is 0 Å². The Hall–Kier alpha value is -2.18. The Balaban J connectivity index is 1.44. The van der Waals surface area contributed by atoms with Gasteiger partial charge >= 0.3 is 11.9 Å². The second-order valence-corrected chi connectivity index (χ2v) is 14.7. The van der Waals surface area contributed by atoms with Crippen LogP contribution in [0.5, 0.6) is 0 Å². The maximum atomic E-state index is 14.3. The zero-order chi connectivity index (χ0) is 28.5. The summed E-state index contributed by atoms with van der Waals surface area (Å²) in [6, 6.07) is 0. The standard InChI is InChI=1S/C32H47NO6/c1-18-21-8-12-32(6)27(30(21,4)11-9-25(18)39-26(36)17-33-19(2)34)24(35)16-23-22-15-20(28(37)38)7-10-29(22,3)13-14-31(23,32)5/h16,18,20-22,25,27H,7-15,17H2,1-6H3,(H,33,34)(H,37,38)/t18-,20+,21?,22+,25+,27-,29-,30+,31-,32-/m1/s1. The van der Waals surface area contributed by atoms with Gasteiger partial charge in [-0.25, -0.2) is 0 Å². The lowest BCUT2D eigenvalue weighted by Gasteiger charge is -2.69. The van der Waals surface area contributed by atoms with Crippen LogP contribution in [0.25, 0.3) is 0 Å². The molecule has 0 radical (unpaired) electrons. The average Bonchev–Trinajstić information content (AvgIpc) is 2.85. The Morgan fingerprint density at radius 2 is 1.74 bits per heavy atom. The first-order valence-corrected chi connectivity index (χ1v) is 15.1. The van der Waals surface area contributed by atoms with E-state index in [0.29, 0.717) is 12.8 Å². The molecule has 5 rings (SSSR count). The molecule has 1 unspecified atom stereocenters. The second kappa shape index (κ2) is 9.44. The molecule has 7 heteroatoms. The highest BCUT2D eigenvalue weighted by molar-refractivity contribution is 5.95. The van der Waals surface area contributed by atoms with Gasteiger partial charge in [0, 0.05) is 12.8 Å². The number of carbonyl (C=O) groups excluding carboxylic acids is 3. The number of fused-ring (bicyclic) bond motifs is 7. The number of aliphatic carboxylic acids is 1. The maximum absolute atomic E-state index is 14.3. The molecule has 5 aliphatic carbocycles. The van der Waals surface area contributed by atoms with Crippen molar-refractivity contribution in [3.8, 4) is 0 Å². The Morgan fingerprint density at radius 1 is 1.03 bits per heavy atom. The van der Waals surface area contributed by atoms with Gasteiger partial charge in [-0.2, -0.15) is 0 Å². The molecule has 7 nitrogen and oxygen atoms in total. The van der Waals surface area contributed by atoms with E-state index in [2.05, 4.69) is 39.9 Å². The lowest BCUT2D eigenvalue weighted by molar-refractivity contribution is -0.192. The van der Waals surface area contributed by atoms with Crippen LogP contribution in [0.1, 0.15) is 99.3 Å². The smallest absolute Gasteiger partial charge is 0.325 e. The van der Waals surface area contributed by atoms with Gasteiger partial charge in [0.25, 0.3) is 0 Å². The summed E-state index contributed by atoms with van der Waals surface area (Å²) < 4.78 is 5.84. The van der Waals surface area contributed by atoms with E-state index in [4.69, 9.17) is 4.74 Å². The number of ether oxygens (including phenoxy) is 1. The number of carboxylic acid groups (broad SMARTS) is 1. The fourth-order valence-corrected chi connectivity index (χ4v) is 10.4. The van der Waals surface area contributed by atoms with Gasteiger partial charge in [-0.1, -0.05) is 40.2 Å². The molecule has 0 spiro atoms. The fraction of sp³-hybridized carbons (Fsp3) is 0.812. The highest BCUT2D eigenvalue weighted by Gasteiger charge is 2.68. The van der Waals surface area contributed by atoms with E-state index in [-0.39, 0.29) is 75.6 Å². The van der Waals surface area contributed by atoms with Crippen molar-refractivity contribution in [1.29, 1.82) is 0 Å². The van der Waals surface area contributed by atoms with Gasteiger partial charge in [0.05, 0.1) is 5.92 Å². The zero-order valence-corrected chi connectivity index (χ0v) is 24.6. The van der Waals surface area contributed by atoms with E-state index < -0.39 is 11.9 Å². The largest absolute Gasteiger partial charge is 0.481 e. The molecule has 0 heterocycles. The van der Waals surface area contributed by atoms with Crippen LogP contribution in [0.2, 0.25) is 0 Å². The van der Waals surface area contributed by atoms with Gasteiger partial charge in [0.1, 0.15) is 12.6 Å². The van der Waals surface area contributed by atoms with Gasteiger partial charge in [-0.05, 0) is 103 Å². The van der Waals surface area contributed by atoms with Crippen molar-refractivity contribution < 1.29 is 29.0 Å². The molecule has 1 amide bonds. The van der Waals surface area contributed by atoms with Gasteiger partial charge in [0.2, 0.25) is 5.91 Å². The molecule has 5 aliphatic rings. The molecule has 0 aromatic heterocycles. The zero-order valence-electron chi connectivity index (χ0n) is 24.6. The number of nitrogens with one attached hydrogen (secondary N) is 1. The highest BCUT2D eigenvalue weighted by atomic mass is 16.5. The van der Waals surface area contributed by atoms with Crippen molar-refractivity contribution in [1.82, 2.24) is 5.32 Å². The number of hydrogen-bond donors (Lipinski definition) is 2. The third-order valence-corrected chi connectivity index (χ3v) is 12.9.